The minimum atomic E-state index is -0.345. The number of anilines is 1. The molecule has 1 aliphatic rings. The van der Waals surface area contributed by atoms with Gasteiger partial charge in [0.15, 0.2) is 10.3 Å². The third-order valence-corrected chi connectivity index (χ3v) is 5.09. The molecule has 0 unspecified atom stereocenters. The molecule has 8 heteroatoms. The van der Waals surface area contributed by atoms with E-state index in [0.717, 1.165) is 11.8 Å². The largest absolute Gasteiger partial charge is 0.457 e. The van der Waals surface area contributed by atoms with Crippen molar-refractivity contribution in [3.8, 4) is 11.3 Å². The number of hydrogen-bond acceptors (Lipinski definition) is 6. The Balaban J connectivity index is 1.62. The van der Waals surface area contributed by atoms with Gasteiger partial charge in [-0.15, -0.1) is 11.3 Å². The zero-order valence-corrected chi connectivity index (χ0v) is 14.2. The van der Waals surface area contributed by atoms with E-state index in [2.05, 4.69) is 4.98 Å². The molecule has 1 N–H and O–H groups in total. The van der Waals surface area contributed by atoms with Gasteiger partial charge in [-0.3, -0.25) is 10.2 Å². The first-order chi connectivity index (χ1) is 12.1. The third kappa shape index (κ3) is 3.01. The van der Waals surface area contributed by atoms with Crippen molar-refractivity contribution in [2.45, 2.75) is 0 Å². The van der Waals surface area contributed by atoms with Gasteiger partial charge in [-0.1, -0.05) is 12.1 Å². The summed E-state index contributed by atoms with van der Waals surface area (Å²) >= 11 is 2.34. The van der Waals surface area contributed by atoms with Gasteiger partial charge in [0.2, 0.25) is 0 Å². The van der Waals surface area contributed by atoms with Crippen molar-refractivity contribution >= 4 is 45.4 Å². The monoisotopic (exact) mass is 371 g/mol. The van der Waals surface area contributed by atoms with Crippen LogP contribution >= 0.6 is 23.1 Å². The predicted molar refractivity (Wildman–Crippen MR) is 97.0 cm³/mol. The Morgan fingerprint density at radius 1 is 1.28 bits per heavy atom. The molecular weight excluding hydrogens is 361 g/mol. The fourth-order valence-electron chi connectivity index (χ4n) is 2.34. The molecule has 1 amide bonds. The number of hydrogen-bond donors (Lipinski definition) is 1. The summed E-state index contributed by atoms with van der Waals surface area (Å²) in [5.41, 5.74) is 0.618. The maximum Gasteiger partial charge on any atom is 0.273 e. The van der Waals surface area contributed by atoms with E-state index < -0.39 is 0 Å². The molecule has 1 aliphatic heterocycles. The minimum Gasteiger partial charge on any atom is -0.457 e. The van der Waals surface area contributed by atoms with E-state index in [4.69, 9.17) is 9.83 Å². The average Bonchev–Trinajstić information content (AvgIpc) is 3.30. The van der Waals surface area contributed by atoms with Gasteiger partial charge in [0.1, 0.15) is 17.3 Å². The molecule has 3 heterocycles. The number of nitrogens with one attached hydrogen (secondary N) is 1. The van der Waals surface area contributed by atoms with Crippen LogP contribution in [0.5, 0.6) is 0 Å². The summed E-state index contributed by atoms with van der Waals surface area (Å²) in [7, 11) is 0. The lowest BCUT2D eigenvalue weighted by Crippen LogP contribution is -2.27. The molecule has 124 valence electrons. The zero-order valence-electron chi connectivity index (χ0n) is 12.6. The number of carbonyl (C=O) groups is 1. The molecule has 1 aromatic carbocycles. The number of thiazole rings is 1. The number of amidine groups is 1. The molecule has 0 saturated carbocycles. The van der Waals surface area contributed by atoms with E-state index in [1.54, 1.807) is 41.9 Å². The number of halogens is 1. The van der Waals surface area contributed by atoms with E-state index in [9.17, 15) is 9.18 Å². The van der Waals surface area contributed by atoms with Crippen LogP contribution in [0, 0.1) is 11.2 Å². The van der Waals surface area contributed by atoms with Crippen molar-refractivity contribution in [3.63, 3.8) is 0 Å². The number of thioether (sulfide) groups is 1. The molecule has 2 aromatic heterocycles. The maximum atomic E-state index is 13.3. The topological polar surface area (TPSA) is 70.2 Å². The van der Waals surface area contributed by atoms with Crippen LogP contribution in [0.1, 0.15) is 5.76 Å². The average molecular weight is 371 g/mol. The van der Waals surface area contributed by atoms with Crippen molar-refractivity contribution in [2.24, 2.45) is 0 Å². The highest BCUT2D eigenvalue weighted by atomic mass is 32.2. The molecule has 0 atom stereocenters. The summed E-state index contributed by atoms with van der Waals surface area (Å²) in [5.74, 6) is 0.314. The summed E-state index contributed by atoms with van der Waals surface area (Å²) in [5, 5.41) is 10.3. The number of benzene rings is 1. The van der Waals surface area contributed by atoms with E-state index in [-0.39, 0.29) is 16.9 Å². The Hall–Kier alpha value is -2.71. The Bertz CT molecular complexity index is 995. The van der Waals surface area contributed by atoms with Gasteiger partial charge in [0.05, 0.1) is 4.91 Å². The first-order valence-corrected chi connectivity index (χ1v) is 8.89. The fraction of sp³-hybridized carbons (Fsp3) is 0. The van der Waals surface area contributed by atoms with E-state index >= 15 is 0 Å². The maximum absolute atomic E-state index is 13.3. The van der Waals surface area contributed by atoms with Gasteiger partial charge in [-0.05, 0) is 36.0 Å². The summed E-state index contributed by atoms with van der Waals surface area (Å²) in [6.45, 7) is 0. The van der Waals surface area contributed by atoms with Crippen LogP contribution < -0.4 is 4.90 Å². The lowest BCUT2D eigenvalue weighted by atomic mass is 10.2. The van der Waals surface area contributed by atoms with Gasteiger partial charge < -0.3 is 4.42 Å². The number of aromatic nitrogens is 1. The van der Waals surface area contributed by atoms with Crippen LogP contribution in [0.2, 0.25) is 0 Å². The summed E-state index contributed by atoms with van der Waals surface area (Å²) < 4.78 is 19.0. The second kappa shape index (κ2) is 6.30. The first-order valence-electron chi connectivity index (χ1n) is 7.19. The van der Waals surface area contributed by atoms with Gasteiger partial charge >= 0.3 is 0 Å². The standard InChI is InChI=1S/C17H10FN3O2S2/c18-11-3-1-2-10(8-11)13-5-4-12(23-13)9-14-15(22)21(16(19)25-14)17-20-6-7-24-17/h1-9,19H. The number of amides is 1. The van der Waals surface area contributed by atoms with Gasteiger partial charge in [0.25, 0.3) is 5.91 Å². The highest BCUT2D eigenvalue weighted by Crippen LogP contribution is 2.36. The Labute approximate surface area is 150 Å². The second-order valence-electron chi connectivity index (χ2n) is 5.08. The fourth-order valence-corrected chi connectivity index (χ4v) is 3.87. The SMILES string of the molecule is N=C1SC(=Cc2ccc(-c3cccc(F)c3)o2)C(=O)N1c1nccs1. The van der Waals surface area contributed by atoms with Crippen LogP contribution in [0.25, 0.3) is 17.4 Å². The highest BCUT2D eigenvalue weighted by Gasteiger charge is 2.35. The molecule has 3 aromatic rings. The molecule has 0 spiro atoms. The van der Waals surface area contributed by atoms with Crippen LogP contribution in [0.3, 0.4) is 0 Å². The first kappa shape index (κ1) is 15.8. The molecule has 5 nitrogen and oxygen atoms in total. The van der Waals surface area contributed by atoms with Gasteiger partial charge in [-0.2, -0.15) is 0 Å². The van der Waals surface area contributed by atoms with Crippen molar-refractivity contribution in [1.82, 2.24) is 4.98 Å². The Morgan fingerprint density at radius 3 is 2.92 bits per heavy atom. The van der Waals surface area contributed by atoms with Crippen molar-refractivity contribution < 1.29 is 13.6 Å². The van der Waals surface area contributed by atoms with Crippen molar-refractivity contribution in [1.29, 1.82) is 5.41 Å². The molecule has 1 saturated heterocycles. The lowest BCUT2D eigenvalue weighted by Gasteiger charge is -2.08. The van der Waals surface area contributed by atoms with Crippen LogP contribution in [0.15, 0.2) is 57.3 Å². The molecular formula is C17H10FN3O2S2. The van der Waals surface area contributed by atoms with Crippen LogP contribution in [0.4, 0.5) is 9.52 Å². The van der Waals surface area contributed by atoms with E-state index in [1.807, 2.05) is 0 Å². The van der Waals surface area contributed by atoms with Gasteiger partial charge in [-0.25, -0.2) is 14.3 Å². The summed E-state index contributed by atoms with van der Waals surface area (Å²) in [6, 6.07) is 9.52. The molecule has 0 bridgehead atoms. The summed E-state index contributed by atoms with van der Waals surface area (Å²) in [4.78, 5) is 18.2. The number of nitrogens with zero attached hydrogens (tertiary/aromatic N) is 2. The van der Waals surface area contributed by atoms with Crippen molar-refractivity contribution in [3.05, 3.63) is 64.5 Å². The Morgan fingerprint density at radius 2 is 2.16 bits per heavy atom. The predicted octanol–water partition coefficient (Wildman–Crippen LogP) is 4.60. The highest BCUT2D eigenvalue weighted by molar-refractivity contribution is 8.19. The smallest absolute Gasteiger partial charge is 0.273 e. The quantitative estimate of drug-likeness (QED) is 0.683. The van der Waals surface area contributed by atoms with Gasteiger partial charge in [0, 0.05) is 23.2 Å². The van der Waals surface area contributed by atoms with Crippen molar-refractivity contribution in [2.75, 3.05) is 4.90 Å². The van der Waals surface area contributed by atoms with Crippen LogP contribution in [-0.2, 0) is 4.79 Å². The van der Waals surface area contributed by atoms with E-state index in [0.29, 0.717) is 27.1 Å². The number of carbonyl (C=O) groups excluding carboxylic acids is 1. The zero-order chi connectivity index (χ0) is 17.4. The normalized spacial score (nSPS) is 16.2. The molecule has 0 aliphatic carbocycles. The lowest BCUT2D eigenvalue weighted by molar-refractivity contribution is -0.113. The van der Waals surface area contributed by atoms with Crippen LogP contribution in [-0.4, -0.2) is 16.1 Å². The summed E-state index contributed by atoms with van der Waals surface area (Å²) in [6.07, 6.45) is 3.17. The van der Waals surface area contributed by atoms with E-state index in [1.165, 1.54) is 28.4 Å². The molecule has 25 heavy (non-hydrogen) atoms. The number of rotatable bonds is 3. The third-order valence-electron chi connectivity index (χ3n) is 3.44. The molecule has 4 rings (SSSR count). The Kier molecular flexibility index (Phi) is 3.98. The number of furan rings is 1. The molecule has 1 fully saturated rings. The second-order valence-corrected chi connectivity index (χ2v) is 6.99. The minimum absolute atomic E-state index is 0.100. The molecule has 0 radical (unpaired) electrons.